The van der Waals surface area contributed by atoms with Crippen molar-refractivity contribution in [3.8, 4) is 28.7 Å². The minimum absolute atomic E-state index is 0.0569. The summed E-state index contributed by atoms with van der Waals surface area (Å²) in [5, 5.41) is 7.73. The van der Waals surface area contributed by atoms with Crippen LogP contribution in [0.4, 0.5) is 18.9 Å². The number of alkyl halides is 3. The highest BCUT2D eigenvalue weighted by atomic mass is 19.4. The van der Waals surface area contributed by atoms with E-state index in [0.717, 1.165) is 0 Å². The molecule has 0 spiro atoms. The number of benzene rings is 1. The molecule has 0 aliphatic carbocycles. The molecule has 0 unspecified atom stereocenters. The third-order valence-corrected chi connectivity index (χ3v) is 3.47. The maximum atomic E-state index is 12.7. The summed E-state index contributed by atoms with van der Waals surface area (Å²) >= 11 is 0. The Morgan fingerprint density at radius 3 is 2.48 bits per heavy atom. The zero-order valence-electron chi connectivity index (χ0n) is 14.2. The van der Waals surface area contributed by atoms with Gasteiger partial charge in [-0.05, 0) is 24.3 Å². The Balaban J connectivity index is 2.07. The molecule has 27 heavy (non-hydrogen) atoms. The van der Waals surface area contributed by atoms with Crippen LogP contribution in [0.2, 0.25) is 0 Å². The molecule has 0 saturated carbocycles. The zero-order valence-corrected chi connectivity index (χ0v) is 14.2. The maximum absolute atomic E-state index is 12.7. The second-order valence-corrected chi connectivity index (χ2v) is 5.59. The van der Waals surface area contributed by atoms with E-state index in [1.165, 1.54) is 23.2 Å². The van der Waals surface area contributed by atoms with Gasteiger partial charge >= 0.3 is 12.1 Å². The summed E-state index contributed by atoms with van der Waals surface area (Å²) in [6.07, 6.45) is -2.08. The average molecular weight is 378 g/mol. The van der Waals surface area contributed by atoms with Gasteiger partial charge in [-0.2, -0.15) is 13.2 Å². The molecule has 140 valence electrons. The number of rotatable bonds is 4. The van der Waals surface area contributed by atoms with E-state index in [1.807, 2.05) is 0 Å². The van der Waals surface area contributed by atoms with E-state index in [-0.39, 0.29) is 28.8 Å². The lowest BCUT2D eigenvalue weighted by Gasteiger charge is -2.19. The van der Waals surface area contributed by atoms with Crippen molar-refractivity contribution in [2.24, 2.45) is 0 Å². The third-order valence-electron chi connectivity index (χ3n) is 3.47. The Morgan fingerprint density at radius 1 is 1.11 bits per heavy atom. The van der Waals surface area contributed by atoms with Gasteiger partial charge in [0, 0.05) is 26.5 Å². The summed E-state index contributed by atoms with van der Waals surface area (Å²) in [4.78, 5) is 16.8. The van der Waals surface area contributed by atoms with Crippen LogP contribution in [-0.4, -0.2) is 41.4 Å². The highest BCUT2D eigenvalue weighted by molar-refractivity contribution is 5.84. The average Bonchev–Trinajstić information content (AvgIpc) is 3.11. The predicted molar refractivity (Wildman–Crippen MR) is 89.0 cm³/mol. The number of hydrogen-bond acceptors (Lipinski definition) is 7. The number of para-hydroxylation sites is 1. The van der Waals surface area contributed by atoms with E-state index < -0.39 is 12.1 Å². The highest BCUT2D eigenvalue weighted by Crippen LogP contribution is 2.39. The number of esters is 1. The summed E-state index contributed by atoms with van der Waals surface area (Å²) in [6, 6.07) is 7.85. The van der Waals surface area contributed by atoms with Crippen LogP contribution < -0.4 is 9.64 Å². The number of anilines is 1. The largest absolute Gasteiger partial charge is 0.491 e. The monoisotopic (exact) mass is 378 g/mol. The van der Waals surface area contributed by atoms with Crippen LogP contribution in [0.3, 0.4) is 0 Å². The van der Waals surface area contributed by atoms with Crippen LogP contribution in [0.25, 0.3) is 22.9 Å². The molecule has 2 aromatic heterocycles. The number of halogens is 3. The Hall–Kier alpha value is -3.43. The first-order chi connectivity index (χ1) is 12.8. The normalized spacial score (nSPS) is 11.3. The maximum Gasteiger partial charge on any atom is 0.491 e. The first-order valence-electron chi connectivity index (χ1n) is 7.61. The predicted octanol–water partition coefficient (Wildman–Crippen LogP) is 3.33. The van der Waals surface area contributed by atoms with Crippen molar-refractivity contribution < 1.29 is 27.1 Å². The van der Waals surface area contributed by atoms with Gasteiger partial charge in [-0.1, -0.05) is 6.07 Å². The van der Waals surface area contributed by atoms with E-state index in [9.17, 15) is 18.0 Å². The number of carbonyl (C=O) groups excluding carboxylic acids is 1. The number of aromatic nitrogens is 3. The lowest BCUT2D eigenvalue weighted by Crippen LogP contribution is -2.29. The topological polar surface area (TPSA) is 81.3 Å². The molecular weight excluding hydrogens is 365 g/mol. The fourth-order valence-electron chi connectivity index (χ4n) is 2.24. The quantitative estimate of drug-likeness (QED) is 0.509. The molecule has 2 heterocycles. The van der Waals surface area contributed by atoms with Gasteiger partial charge in [0.15, 0.2) is 5.75 Å². The molecule has 0 radical (unpaired) electrons. The first kappa shape index (κ1) is 18.4. The van der Waals surface area contributed by atoms with Crippen molar-refractivity contribution in [1.82, 2.24) is 15.2 Å². The molecule has 7 nitrogen and oxygen atoms in total. The fraction of sp³-hybridized carbons (Fsp3) is 0.176. The van der Waals surface area contributed by atoms with Gasteiger partial charge in [0.25, 0.3) is 5.89 Å². The Morgan fingerprint density at radius 2 is 1.85 bits per heavy atom. The number of ether oxygens (including phenoxy) is 1. The smallest absolute Gasteiger partial charge is 0.417 e. The van der Waals surface area contributed by atoms with Crippen LogP contribution in [-0.2, 0) is 4.79 Å². The minimum atomic E-state index is -5.15. The van der Waals surface area contributed by atoms with Gasteiger partial charge in [-0.3, -0.25) is 4.98 Å². The van der Waals surface area contributed by atoms with Crippen LogP contribution in [0.1, 0.15) is 0 Å². The Labute approximate surface area is 151 Å². The third kappa shape index (κ3) is 3.89. The van der Waals surface area contributed by atoms with Crippen molar-refractivity contribution in [3.63, 3.8) is 0 Å². The molecule has 1 aromatic carbocycles. The van der Waals surface area contributed by atoms with Crippen LogP contribution in [0.15, 0.2) is 47.1 Å². The van der Waals surface area contributed by atoms with Crippen LogP contribution >= 0.6 is 0 Å². The molecule has 0 aliphatic rings. The summed E-state index contributed by atoms with van der Waals surface area (Å²) < 4.78 is 48.2. The van der Waals surface area contributed by atoms with E-state index in [1.54, 1.807) is 38.5 Å². The van der Waals surface area contributed by atoms with Crippen molar-refractivity contribution in [2.45, 2.75) is 6.18 Å². The lowest BCUT2D eigenvalue weighted by atomic mass is 10.1. The Bertz CT molecular complexity index is 956. The highest BCUT2D eigenvalue weighted by Gasteiger charge is 2.42. The van der Waals surface area contributed by atoms with Gasteiger partial charge < -0.3 is 14.1 Å². The molecule has 0 amide bonds. The summed E-state index contributed by atoms with van der Waals surface area (Å²) in [6.45, 7) is 0. The van der Waals surface area contributed by atoms with E-state index in [0.29, 0.717) is 5.56 Å². The lowest BCUT2D eigenvalue weighted by molar-refractivity contribution is -0.189. The minimum Gasteiger partial charge on any atom is -0.417 e. The molecule has 10 heteroatoms. The molecule has 0 atom stereocenters. The molecule has 3 aromatic rings. The Kier molecular flexibility index (Phi) is 4.80. The van der Waals surface area contributed by atoms with Gasteiger partial charge in [-0.15, -0.1) is 10.2 Å². The second kappa shape index (κ2) is 7.06. The van der Waals surface area contributed by atoms with Crippen molar-refractivity contribution in [2.75, 3.05) is 19.0 Å². The summed E-state index contributed by atoms with van der Waals surface area (Å²) in [5.74, 6) is -2.64. The van der Waals surface area contributed by atoms with Gasteiger partial charge in [0.2, 0.25) is 5.89 Å². The first-order valence-corrected chi connectivity index (χ1v) is 7.61. The van der Waals surface area contributed by atoms with E-state index in [2.05, 4.69) is 19.9 Å². The van der Waals surface area contributed by atoms with Gasteiger partial charge in [0.05, 0.1) is 16.8 Å². The van der Waals surface area contributed by atoms with Gasteiger partial charge in [0.1, 0.15) is 0 Å². The second-order valence-electron chi connectivity index (χ2n) is 5.59. The molecule has 0 fully saturated rings. The van der Waals surface area contributed by atoms with Gasteiger partial charge in [-0.25, -0.2) is 4.79 Å². The molecule has 0 saturated heterocycles. The van der Waals surface area contributed by atoms with Crippen molar-refractivity contribution >= 4 is 11.7 Å². The number of hydrogen-bond donors (Lipinski definition) is 0. The number of pyridine rings is 1. The summed E-state index contributed by atoms with van der Waals surface area (Å²) in [5.41, 5.74) is 0.835. The van der Waals surface area contributed by atoms with Crippen LogP contribution in [0.5, 0.6) is 5.75 Å². The molecule has 0 bridgehead atoms. The molecule has 0 aliphatic heterocycles. The van der Waals surface area contributed by atoms with Crippen molar-refractivity contribution in [3.05, 3.63) is 42.7 Å². The van der Waals surface area contributed by atoms with Crippen LogP contribution in [0, 0.1) is 0 Å². The molecule has 3 rings (SSSR count). The SMILES string of the molecule is CN(C)c1cccc(-c2nnc(-c3cccnc3)o2)c1OC(=O)C(F)(F)F. The standard InChI is InChI=1S/C17H13F3N4O3/c1-24(2)12-7-3-6-11(13(12)26-16(25)17(18,19)20)15-23-22-14(27-15)10-5-4-8-21-9-10/h3-9H,1-2H3. The van der Waals surface area contributed by atoms with E-state index in [4.69, 9.17) is 4.42 Å². The van der Waals surface area contributed by atoms with Crippen molar-refractivity contribution in [1.29, 1.82) is 0 Å². The molecule has 0 N–H and O–H groups in total. The zero-order chi connectivity index (χ0) is 19.6. The molecular formula is C17H13F3N4O3. The number of nitrogens with zero attached hydrogens (tertiary/aromatic N) is 4. The fourth-order valence-corrected chi connectivity index (χ4v) is 2.24. The summed E-state index contributed by atoms with van der Waals surface area (Å²) in [7, 11) is 3.19. The van der Waals surface area contributed by atoms with E-state index >= 15 is 0 Å². The number of carbonyl (C=O) groups is 1.